The molecular formula is C15H12ClFN2OS. The minimum absolute atomic E-state index is 0.0723. The van der Waals surface area contributed by atoms with E-state index in [-0.39, 0.29) is 16.5 Å². The predicted octanol–water partition coefficient (Wildman–Crippen LogP) is 3.67. The van der Waals surface area contributed by atoms with Gasteiger partial charge in [-0.1, -0.05) is 29.9 Å². The molecule has 0 fully saturated rings. The second-order valence-corrected chi connectivity index (χ2v) is 5.34. The van der Waals surface area contributed by atoms with Crippen LogP contribution in [0.3, 0.4) is 0 Å². The first kappa shape index (κ1) is 15.4. The molecule has 0 aromatic heterocycles. The highest BCUT2D eigenvalue weighted by molar-refractivity contribution is 7.80. The molecular weight excluding hydrogens is 311 g/mol. The zero-order chi connectivity index (χ0) is 15.6. The van der Waals surface area contributed by atoms with E-state index in [1.807, 2.05) is 6.92 Å². The number of thiocarbonyl (C=S) groups is 1. The van der Waals surface area contributed by atoms with Gasteiger partial charge in [0.2, 0.25) is 0 Å². The van der Waals surface area contributed by atoms with Crippen LogP contribution in [0.4, 0.5) is 10.1 Å². The molecule has 0 unspecified atom stereocenters. The number of nitrogens with two attached hydrogens (primary N) is 1. The van der Waals surface area contributed by atoms with Gasteiger partial charge >= 0.3 is 0 Å². The zero-order valence-electron chi connectivity index (χ0n) is 11.1. The zero-order valence-corrected chi connectivity index (χ0v) is 12.7. The van der Waals surface area contributed by atoms with Crippen molar-refractivity contribution in [3.63, 3.8) is 0 Å². The highest BCUT2D eigenvalue weighted by atomic mass is 35.5. The van der Waals surface area contributed by atoms with Gasteiger partial charge in [0.25, 0.3) is 5.91 Å². The Kier molecular flexibility index (Phi) is 4.55. The number of hydrogen-bond donors (Lipinski definition) is 2. The average Bonchev–Trinajstić information content (AvgIpc) is 2.40. The van der Waals surface area contributed by atoms with Gasteiger partial charge in [0.1, 0.15) is 10.8 Å². The van der Waals surface area contributed by atoms with Crippen molar-refractivity contribution in [2.24, 2.45) is 5.73 Å². The van der Waals surface area contributed by atoms with Gasteiger partial charge in [0.15, 0.2) is 0 Å². The van der Waals surface area contributed by atoms with Crippen molar-refractivity contribution in [2.45, 2.75) is 6.92 Å². The molecule has 1 amide bonds. The van der Waals surface area contributed by atoms with Gasteiger partial charge in [-0.25, -0.2) is 4.39 Å². The van der Waals surface area contributed by atoms with E-state index in [9.17, 15) is 9.18 Å². The van der Waals surface area contributed by atoms with Crippen molar-refractivity contribution < 1.29 is 9.18 Å². The van der Waals surface area contributed by atoms with Crippen molar-refractivity contribution in [2.75, 3.05) is 5.32 Å². The molecule has 0 radical (unpaired) electrons. The molecule has 0 aliphatic rings. The summed E-state index contributed by atoms with van der Waals surface area (Å²) in [6.07, 6.45) is 0. The summed E-state index contributed by atoms with van der Waals surface area (Å²) in [6.45, 7) is 1.88. The molecule has 0 atom stereocenters. The van der Waals surface area contributed by atoms with Crippen molar-refractivity contribution in [1.29, 1.82) is 0 Å². The number of nitrogens with one attached hydrogen (secondary N) is 1. The van der Waals surface area contributed by atoms with E-state index in [1.54, 1.807) is 18.2 Å². The van der Waals surface area contributed by atoms with Crippen LogP contribution in [-0.4, -0.2) is 10.9 Å². The van der Waals surface area contributed by atoms with Crippen LogP contribution in [0.25, 0.3) is 0 Å². The fourth-order valence-electron chi connectivity index (χ4n) is 1.79. The summed E-state index contributed by atoms with van der Waals surface area (Å²) in [5.74, 6) is -0.922. The lowest BCUT2D eigenvalue weighted by atomic mass is 10.1. The Bertz CT molecular complexity index is 734. The molecule has 0 saturated carbocycles. The van der Waals surface area contributed by atoms with Crippen LogP contribution in [0.1, 0.15) is 21.5 Å². The van der Waals surface area contributed by atoms with E-state index < -0.39 is 5.82 Å². The fourth-order valence-corrected chi connectivity index (χ4v) is 2.27. The molecule has 2 aromatic rings. The van der Waals surface area contributed by atoms with Gasteiger partial charge in [-0.3, -0.25) is 4.79 Å². The lowest BCUT2D eigenvalue weighted by Crippen LogP contribution is -2.15. The van der Waals surface area contributed by atoms with Crippen LogP contribution in [0.15, 0.2) is 36.4 Å². The van der Waals surface area contributed by atoms with Crippen LogP contribution in [0.5, 0.6) is 0 Å². The Morgan fingerprint density at radius 1 is 1.24 bits per heavy atom. The van der Waals surface area contributed by atoms with Gasteiger partial charge < -0.3 is 11.1 Å². The maximum atomic E-state index is 13.5. The topological polar surface area (TPSA) is 55.1 Å². The average molecular weight is 323 g/mol. The van der Waals surface area contributed by atoms with E-state index in [4.69, 9.17) is 29.6 Å². The molecule has 0 bridgehead atoms. The summed E-state index contributed by atoms with van der Waals surface area (Å²) >= 11 is 10.8. The van der Waals surface area contributed by atoms with Gasteiger partial charge in [-0.05, 0) is 42.8 Å². The number of amides is 1. The minimum Gasteiger partial charge on any atom is -0.389 e. The van der Waals surface area contributed by atoms with Crippen LogP contribution in [-0.2, 0) is 0 Å². The van der Waals surface area contributed by atoms with Crippen molar-refractivity contribution >= 4 is 40.4 Å². The number of carbonyl (C=O) groups excluding carboxylic acids is 1. The van der Waals surface area contributed by atoms with Gasteiger partial charge in [0, 0.05) is 11.3 Å². The lowest BCUT2D eigenvalue weighted by molar-refractivity contribution is 0.102. The largest absolute Gasteiger partial charge is 0.389 e. The Morgan fingerprint density at radius 3 is 2.57 bits per heavy atom. The first-order valence-electron chi connectivity index (χ1n) is 6.05. The molecule has 2 aromatic carbocycles. The first-order valence-corrected chi connectivity index (χ1v) is 6.84. The maximum absolute atomic E-state index is 13.5. The summed E-state index contributed by atoms with van der Waals surface area (Å²) in [4.78, 5) is 12.1. The Morgan fingerprint density at radius 2 is 1.95 bits per heavy atom. The highest BCUT2D eigenvalue weighted by Crippen LogP contribution is 2.20. The molecule has 108 valence electrons. The number of benzene rings is 2. The minimum atomic E-state index is -0.533. The quantitative estimate of drug-likeness (QED) is 0.848. The second-order valence-electron chi connectivity index (χ2n) is 4.50. The number of aryl methyl sites for hydroxylation is 1. The third-order valence-corrected chi connectivity index (χ3v) is 3.39. The fraction of sp³-hybridized carbons (Fsp3) is 0.0667. The van der Waals surface area contributed by atoms with E-state index in [0.717, 1.165) is 5.56 Å². The molecule has 21 heavy (non-hydrogen) atoms. The number of carbonyl (C=O) groups is 1. The molecule has 3 N–H and O–H groups in total. The van der Waals surface area contributed by atoms with Gasteiger partial charge in [-0.15, -0.1) is 0 Å². The Balaban J connectivity index is 2.27. The SMILES string of the molecule is Cc1ccc(C(=O)Nc2ccc(F)c(C(N)=S)c2)c(Cl)c1. The van der Waals surface area contributed by atoms with Crippen LogP contribution in [0, 0.1) is 12.7 Å². The van der Waals surface area contributed by atoms with Crippen molar-refractivity contribution in [3.8, 4) is 0 Å². The third kappa shape index (κ3) is 3.56. The van der Waals surface area contributed by atoms with Crippen LogP contribution < -0.4 is 11.1 Å². The smallest absolute Gasteiger partial charge is 0.257 e. The van der Waals surface area contributed by atoms with E-state index in [0.29, 0.717) is 16.3 Å². The lowest BCUT2D eigenvalue weighted by Gasteiger charge is -2.09. The molecule has 0 saturated heterocycles. The molecule has 6 heteroatoms. The van der Waals surface area contributed by atoms with Gasteiger partial charge in [0.05, 0.1) is 10.6 Å². The third-order valence-electron chi connectivity index (χ3n) is 2.86. The monoisotopic (exact) mass is 322 g/mol. The number of anilines is 1. The Labute approximate surface area is 131 Å². The first-order chi connectivity index (χ1) is 9.88. The number of halogens is 2. The predicted molar refractivity (Wildman–Crippen MR) is 86.4 cm³/mol. The number of rotatable bonds is 3. The molecule has 3 nitrogen and oxygen atoms in total. The second kappa shape index (κ2) is 6.20. The summed E-state index contributed by atoms with van der Waals surface area (Å²) < 4.78 is 13.5. The van der Waals surface area contributed by atoms with Crippen molar-refractivity contribution in [3.05, 3.63) is 63.9 Å². The van der Waals surface area contributed by atoms with Crippen LogP contribution in [0.2, 0.25) is 5.02 Å². The van der Waals surface area contributed by atoms with Crippen LogP contribution >= 0.6 is 23.8 Å². The van der Waals surface area contributed by atoms with E-state index in [1.165, 1.54) is 18.2 Å². The molecule has 0 aliphatic heterocycles. The van der Waals surface area contributed by atoms with E-state index >= 15 is 0 Å². The molecule has 2 rings (SSSR count). The molecule has 0 aliphatic carbocycles. The van der Waals surface area contributed by atoms with E-state index in [2.05, 4.69) is 5.32 Å². The standard InChI is InChI=1S/C15H12ClFN2OS/c1-8-2-4-10(12(16)6-8)15(20)19-9-3-5-13(17)11(7-9)14(18)21/h2-7H,1H3,(H2,18,21)(H,19,20). The Hall–Kier alpha value is -1.98. The summed E-state index contributed by atoms with van der Waals surface area (Å²) in [6, 6.07) is 9.12. The molecule has 0 heterocycles. The summed E-state index contributed by atoms with van der Waals surface area (Å²) in [5, 5.41) is 2.99. The maximum Gasteiger partial charge on any atom is 0.257 e. The van der Waals surface area contributed by atoms with Crippen molar-refractivity contribution in [1.82, 2.24) is 0 Å². The summed E-state index contributed by atoms with van der Waals surface area (Å²) in [5.41, 5.74) is 7.18. The number of hydrogen-bond acceptors (Lipinski definition) is 2. The normalized spacial score (nSPS) is 10.2. The summed E-state index contributed by atoms with van der Waals surface area (Å²) in [7, 11) is 0. The highest BCUT2D eigenvalue weighted by Gasteiger charge is 2.12. The molecule has 0 spiro atoms. The van der Waals surface area contributed by atoms with Gasteiger partial charge in [-0.2, -0.15) is 0 Å².